The monoisotopic (exact) mass is 356 g/mol. The van der Waals surface area contributed by atoms with Gasteiger partial charge in [0.1, 0.15) is 5.56 Å². The average molecular weight is 357 g/mol. The highest BCUT2D eigenvalue weighted by molar-refractivity contribution is 6.19. The number of hydrogen-bond acceptors (Lipinski definition) is 3. The molecule has 0 aromatic heterocycles. The molecule has 0 unspecified atom stereocenters. The molecule has 0 spiro atoms. The van der Waals surface area contributed by atoms with E-state index in [4.69, 9.17) is 16.3 Å². The van der Waals surface area contributed by atoms with E-state index < -0.39 is 54.3 Å². The molecule has 2 amide bonds. The van der Waals surface area contributed by atoms with Crippen LogP contribution in [0.4, 0.5) is 26.3 Å². The Morgan fingerprint density at radius 2 is 1.50 bits per heavy atom. The number of carbonyl (C=O) groups excluding carboxylic acids is 2. The predicted octanol–water partition coefficient (Wildman–Crippen LogP) is 1.45. The highest BCUT2D eigenvalue weighted by Crippen LogP contribution is 2.25. The third kappa shape index (κ3) is 4.90. The quantitative estimate of drug-likeness (QED) is 0.581. The molecule has 2 N–H and O–H groups in total. The van der Waals surface area contributed by atoms with Gasteiger partial charge in [0.05, 0.1) is 18.2 Å². The normalized spacial score (nSPS) is 29.8. The molecule has 0 aromatic carbocycles. The average Bonchev–Trinajstić information content (AvgIpc) is 2.30. The molecule has 1 fully saturated rings. The number of nitrogens with one attached hydrogen (secondary N) is 2. The highest BCUT2D eigenvalue weighted by Gasteiger charge is 2.47. The van der Waals surface area contributed by atoms with E-state index in [1.807, 2.05) is 0 Å². The van der Waals surface area contributed by atoms with Gasteiger partial charge in [0, 0.05) is 6.42 Å². The van der Waals surface area contributed by atoms with Crippen molar-refractivity contribution < 1.29 is 40.7 Å². The van der Waals surface area contributed by atoms with Crippen LogP contribution in [0.25, 0.3) is 0 Å². The minimum Gasteiger partial charge on any atom is -0.357 e. The Morgan fingerprint density at radius 3 is 1.95 bits per heavy atom. The maximum absolute atomic E-state index is 12.2. The fourth-order valence-corrected chi connectivity index (χ4v) is 2.25. The third-order valence-electron chi connectivity index (χ3n) is 2.87. The lowest BCUT2D eigenvalue weighted by Gasteiger charge is -2.39. The van der Waals surface area contributed by atoms with E-state index in [2.05, 4.69) is 0 Å². The van der Waals surface area contributed by atoms with Crippen molar-refractivity contribution in [2.24, 2.45) is 0 Å². The molecule has 128 valence electrons. The fraction of sp³-hybridized carbons (Fsp3) is 0.800. The molecule has 0 aromatic rings. The van der Waals surface area contributed by atoms with E-state index >= 15 is 0 Å². The molecular formula is C10H11ClF6N2O3. The summed E-state index contributed by atoms with van der Waals surface area (Å²) in [5.74, 6) is -4.70. The summed E-state index contributed by atoms with van der Waals surface area (Å²) < 4.78 is 78.4. The topological polar surface area (TPSA) is 67.4 Å². The maximum atomic E-state index is 12.2. The van der Waals surface area contributed by atoms with Gasteiger partial charge < -0.3 is 15.4 Å². The molecule has 0 radical (unpaired) electrons. The Bertz CT molecular complexity index is 441. The lowest BCUT2D eigenvalue weighted by atomic mass is 9.97. The number of rotatable bonds is 2. The first kappa shape index (κ1) is 18.8. The lowest BCUT2D eigenvalue weighted by molar-refractivity contribution is -0.179. The second-order valence-corrected chi connectivity index (χ2v) is 5.05. The van der Waals surface area contributed by atoms with E-state index in [1.54, 1.807) is 0 Å². The van der Waals surface area contributed by atoms with E-state index in [-0.39, 0.29) is 0 Å². The Kier molecular flexibility index (Phi) is 5.55. The minimum atomic E-state index is -5.23. The van der Waals surface area contributed by atoms with Crippen LogP contribution in [0.5, 0.6) is 0 Å². The number of ether oxygens (including phenoxy) is 1. The molecular weight excluding hydrogens is 346 g/mol. The number of amides is 2. The van der Waals surface area contributed by atoms with Crippen LogP contribution in [-0.4, -0.2) is 47.9 Å². The Hall–Kier alpha value is -1.23. The zero-order chi connectivity index (χ0) is 17.3. The van der Waals surface area contributed by atoms with Crippen molar-refractivity contribution in [1.82, 2.24) is 10.6 Å². The molecule has 0 aliphatic carbocycles. The molecule has 1 aliphatic rings. The first-order chi connectivity index (χ1) is 9.82. The third-order valence-corrected chi connectivity index (χ3v) is 3.15. The van der Waals surface area contributed by atoms with Crippen molar-refractivity contribution >= 4 is 23.4 Å². The van der Waals surface area contributed by atoms with Crippen molar-refractivity contribution in [3.8, 4) is 0 Å². The van der Waals surface area contributed by atoms with Gasteiger partial charge in [-0.25, -0.2) is 0 Å². The predicted molar refractivity (Wildman–Crippen MR) is 60.8 cm³/mol. The summed E-state index contributed by atoms with van der Waals surface area (Å²) in [6.45, 7) is 1.21. The largest absolute Gasteiger partial charge is 0.471 e. The van der Waals surface area contributed by atoms with Gasteiger partial charge in [-0.05, 0) is 6.92 Å². The van der Waals surface area contributed by atoms with E-state index in [9.17, 15) is 35.9 Å². The fourth-order valence-electron chi connectivity index (χ4n) is 1.90. The standard InChI is InChI=1S/C10H11ClF6N2O3/c1-3-6(19-8(21)10(15,16)17)4(2-5(11)22-3)18-7(20)9(12,13)14/h3-6H,2H2,1H3,(H,18,20)(H,19,21)/t3-,4+,5+,6+/m1/s1. The number of hydrogen-bond donors (Lipinski definition) is 2. The second-order valence-electron chi connectivity index (χ2n) is 4.56. The van der Waals surface area contributed by atoms with Crippen molar-refractivity contribution in [2.75, 3.05) is 0 Å². The van der Waals surface area contributed by atoms with Gasteiger partial charge in [-0.15, -0.1) is 0 Å². The molecule has 12 heteroatoms. The van der Waals surface area contributed by atoms with Crippen molar-refractivity contribution in [3.63, 3.8) is 0 Å². The highest BCUT2D eigenvalue weighted by atomic mass is 35.5. The van der Waals surface area contributed by atoms with Gasteiger partial charge in [-0.2, -0.15) is 26.3 Å². The van der Waals surface area contributed by atoms with Crippen LogP contribution in [0.2, 0.25) is 0 Å². The summed E-state index contributed by atoms with van der Waals surface area (Å²) in [6.07, 6.45) is -12.0. The lowest BCUT2D eigenvalue weighted by Crippen LogP contribution is -2.63. The molecule has 5 nitrogen and oxygen atoms in total. The van der Waals surface area contributed by atoms with Gasteiger partial charge in [0.15, 0.2) is 0 Å². The first-order valence-corrected chi connectivity index (χ1v) is 6.31. The Morgan fingerprint density at radius 1 is 1.05 bits per heavy atom. The smallest absolute Gasteiger partial charge is 0.357 e. The molecule has 4 atom stereocenters. The summed E-state index contributed by atoms with van der Waals surface area (Å²) in [5.41, 5.74) is -1.12. The van der Waals surface area contributed by atoms with E-state index in [0.717, 1.165) is 0 Å². The second kappa shape index (κ2) is 6.49. The zero-order valence-electron chi connectivity index (χ0n) is 10.9. The zero-order valence-corrected chi connectivity index (χ0v) is 11.6. The molecule has 1 aliphatic heterocycles. The van der Waals surface area contributed by atoms with Gasteiger partial charge in [0.2, 0.25) is 0 Å². The molecule has 0 bridgehead atoms. The van der Waals surface area contributed by atoms with Crippen LogP contribution in [0.3, 0.4) is 0 Å². The van der Waals surface area contributed by atoms with Crippen LogP contribution < -0.4 is 10.6 Å². The molecule has 0 saturated carbocycles. The van der Waals surface area contributed by atoms with Crippen LogP contribution in [0.15, 0.2) is 0 Å². The summed E-state index contributed by atoms with van der Waals surface area (Å²) in [4.78, 5) is 21.8. The van der Waals surface area contributed by atoms with Crippen LogP contribution in [0, 0.1) is 0 Å². The van der Waals surface area contributed by atoms with Crippen molar-refractivity contribution in [3.05, 3.63) is 0 Å². The maximum Gasteiger partial charge on any atom is 0.471 e. The summed E-state index contributed by atoms with van der Waals surface area (Å²) in [7, 11) is 0. The molecule has 1 heterocycles. The van der Waals surface area contributed by atoms with Crippen LogP contribution >= 0.6 is 11.6 Å². The van der Waals surface area contributed by atoms with E-state index in [0.29, 0.717) is 0 Å². The van der Waals surface area contributed by atoms with Gasteiger partial charge in [-0.3, -0.25) is 9.59 Å². The number of halogens is 7. The summed E-state index contributed by atoms with van der Waals surface area (Å²) in [6, 6.07) is -2.98. The van der Waals surface area contributed by atoms with Gasteiger partial charge in [-0.1, -0.05) is 11.6 Å². The number of alkyl halides is 7. The van der Waals surface area contributed by atoms with Crippen molar-refractivity contribution in [2.45, 2.75) is 49.4 Å². The SMILES string of the molecule is C[C@H]1O[C@H](Cl)C[C@H](NC(=O)C(F)(F)F)[C@H]1NC(=O)C(F)(F)F. The summed E-state index contributed by atoms with van der Waals surface area (Å²) >= 11 is 5.61. The van der Waals surface area contributed by atoms with Crippen LogP contribution in [0.1, 0.15) is 13.3 Å². The minimum absolute atomic E-state index is 0.406. The van der Waals surface area contributed by atoms with Gasteiger partial charge in [0.25, 0.3) is 0 Å². The molecule has 1 saturated heterocycles. The number of carbonyl (C=O) groups is 2. The van der Waals surface area contributed by atoms with Gasteiger partial charge >= 0.3 is 24.2 Å². The molecule has 1 rings (SSSR count). The first-order valence-electron chi connectivity index (χ1n) is 5.87. The molecule has 22 heavy (non-hydrogen) atoms. The van der Waals surface area contributed by atoms with E-state index in [1.165, 1.54) is 17.6 Å². The van der Waals surface area contributed by atoms with Crippen LogP contribution in [-0.2, 0) is 14.3 Å². The Labute approximate surface area is 125 Å². The van der Waals surface area contributed by atoms with Crippen molar-refractivity contribution in [1.29, 1.82) is 0 Å². The summed E-state index contributed by atoms with van der Waals surface area (Å²) in [5, 5.41) is 3.02. The Balaban J connectivity index is 2.88.